The highest BCUT2D eigenvalue weighted by Crippen LogP contribution is 2.22. The van der Waals surface area contributed by atoms with Crippen LogP contribution in [0.2, 0.25) is 0 Å². The fourth-order valence-corrected chi connectivity index (χ4v) is 2.45. The second kappa shape index (κ2) is 5.34. The number of likely N-dealkylation sites (N-methyl/N-ethyl adjacent to an activating group) is 1. The number of fused-ring (bicyclic) bond motifs is 1. The van der Waals surface area contributed by atoms with Gasteiger partial charge < -0.3 is 10.0 Å². The predicted molar refractivity (Wildman–Crippen MR) is 75.6 cm³/mol. The lowest BCUT2D eigenvalue weighted by molar-refractivity contribution is 0.0408. The van der Waals surface area contributed by atoms with Gasteiger partial charge >= 0.3 is 0 Å². The number of hydrogen-bond donors (Lipinski definition) is 1. The first-order valence-electron chi connectivity index (χ1n) is 6.66. The van der Waals surface area contributed by atoms with Gasteiger partial charge in [-0.05, 0) is 33.0 Å². The third-order valence-corrected chi connectivity index (χ3v) is 3.24. The molecule has 108 valence electrons. The van der Waals surface area contributed by atoms with Crippen molar-refractivity contribution in [3.05, 3.63) is 35.4 Å². The van der Waals surface area contributed by atoms with E-state index in [0.717, 1.165) is 0 Å². The summed E-state index contributed by atoms with van der Waals surface area (Å²) in [6.45, 7) is 4.81. The van der Waals surface area contributed by atoms with Crippen molar-refractivity contribution in [2.75, 3.05) is 26.7 Å². The Hall–Kier alpha value is -1.72. The van der Waals surface area contributed by atoms with E-state index in [0.29, 0.717) is 30.8 Å². The molecule has 20 heavy (non-hydrogen) atoms. The zero-order valence-electron chi connectivity index (χ0n) is 12.1. The van der Waals surface area contributed by atoms with Crippen molar-refractivity contribution in [3.8, 4) is 0 Å². The Morgan fingerprint density at radius 2 is 1.65 bits per heavy atom. The summed E-state index contributed by atoms with van der Waals surface area (Å²) in [6, 6.07) is 6.87. The Kier molecular flexibility index (Phi) is 3.92. The summed E-state index contributed by atoms with van der Waals surface area (Å²) in [5.41, 5.74) is 0.154. The summed E-state index contributed by atoms with van der Waals surface area (Å²) in [4.78, 5) is 27.5. The summed E-state index contributed by atoms with van der Waals surface area (Å²) in [7, 11) is 1.86. The van der Waals surface area contributed by atoms with Gasteiger partial charge in [-0.3, -0.25) is 14.5 Å². The second-order valence-electron chi connectivity index (χ2n) is 5.86. The third kappa shape index (κ3) is 3.05. The third-order valence-electron chi connectivity index (χ3n) is 3.24. The van der Waals surface area contributed by atoms with Crippen molar-refractivity contribution in [2.24, 2.45) is 0 Å². The highest BCUT2D eigenvalue weighted by molar-refractivity contribution is 6.21. The number of aliphatic hydroxyl groups is 1. The van der Waals surface area contributed by atoms with Gasteiger partial charge in [0, 0.05) is 19.6 Å². The molecule has 0 aromatic heterocycles. The first-order chi connectivity index (χ1) is 9.29. The lowest BCUT2D eigenvalue weighted by Gasteiger charge is -2.26. The number of amides is 2. The normalized spacial score (nSPS) is 15.2. The first kappa shape index (κ1) is 14.7. The maximum absolute atomic E-state index is 12.1. The topological polar surface area (TPSA) is 60.9 Å². The average Bonchev–Trinajstić information content (AvgIpc) is 2.59. The lowest BCUT2D eigenvalue weighted by atomic mass is 10.1. The van der Waals surface area contributed by atoms with E-state index >= 15 is 0 Å². The van der Waals surface area contributed by atoms with Gasteiger partial charge in [-0.2, -0.15) is 0 Å². The van der Waals surface area contributed by atoms with Gasteiger partial charge in [-0.15, -0.1) is 0 Å². The molecule has 1 N–H and O–H groups in total. The van der Waals surface area contributed by atoms with Gasteiger partial charge in [0.1, 0.15) is 0 Å². The molecule has 0 fully saturated rings. The van der Waals surface area contributed by atoms with Crippen molar-refractivity contribution >= 4 is 11.8 Å². The van der Waals surface area contributed by atoms with E-state index in [-0.39, 0.29) is 11.8 Å². The zero-order valence-corrected chi connectivity index (χ0v) is 12.1. The van der Waals surface area contributed by atoms with Crippen LogP contribution in [0.4, 0.5) is 0 Å². The molecule has 0 atom stereocenters. The summed E-state index contributed by atoms with van der Waals surface area (Å²) in [6.07, 6.45) is 0. The molecule has 0 radical (unpaired) electrons. The largest absolute Gasteiger partial charge is 0.389 e. The molecule has 1 aliphatic rings. The molecular weight excluding hydrogens is 256 g/mol. The summed E-state index contributed by atoms with van der Waals surface area (Å²) >= 11 is 0. The van der Waals surface area contributed by atoms with Gasteiger partial charge in [0.05, 0.1) is 16.7 Å². The molecule has 0 saturated heterocycles. The average molecular weight is 276 g/mol. The number of hydrogen-bond acceptors (Lipinski definition) is 4. The van der Waals surface area contributed by atoms with Crippen LogP contribution in [-0.2, 0) is 0 Å². The number of carbonyl (C=O) groups is 2. The van der Waals surface area contributed by atoms with E-state index in [1.54, 1.807) is 38.1 Å². The van der Waals surface area contributed by atoms with E-state index in [1.807, 2.05) is 11.9 Å². The molecule has 5 nitrogen and oxygen atoms in total. The first-order valence-corrected chi connectivity index (χ1v) is 6.66. The Balaban J connectivity index is 1.99. The van der Waals surface area contributed by atoms with Crippen LogP contribution in [0.5, 0.6) is 0 Å². The molecule has 0 saturated carbocycles. The van der Waals surface area contributed by atoms with E-state index in [4.69, 9.17) is 0 Å². The molecule has 1 aromatic rings. The standard InChI is InChI=1S/C15H20N2O3/c1-15(2,20)10-16(3)8-9-17-13(18)11-6-4-5-7-12(11)14(17)19/h4-7,20H,8-10H2,1-3H3. The minimum absolute atomic E-state index is 0.234. The Labute approximate surface area is 118 Å². The van der Waals surface area contributed by atoms with E-state index in [9.17, 15) is 14.7 Å². The van der Waals surface area contributed by atoms with Crippen molar-refractivity contribution in [1.29, 1.82) is 0 Å². The highest BCUT2D eigenvalue weighted by Gasteiger charge is 2.34. The molecule has 1 aliphatic heterocycles. The van der Waals surface area contributed by atoms with Crippen molar-refractivity contribution in [3.63, 3.8) is 0 Å². The molecule has 0 aliphatic carbocycles. The predicted octanol–water partition coefficient (Wildman–Crippen LogP) is 0.985. The monoisotopic (exact) mass is 276 g/mol. The van der Waals surface area contributed by atoms with Gasteiger partial charge in [-0.1, -0.05) is 12.1 Å². The number of carbonyl (C=O) groups excluding carboxylic acids is 2. The highest BCUT2D eigenvalue weighted by atomic mass is 16.3. The van der Waals surface area contributed by atoms with Crippen molar-refractivity contribution in [1.82, 2.24) is 9.80 Å². The van der Waals surface area contributed by atoms with Crippen LogP contribution in [0.15, 0.2) is 24.3 Å². The van der Waals surface area contributed by atoms with Crippen LogP contribution in [-0.4, -0.2) is 59.0 Å². The fourth-order valence-electron chi connectivity index (χ4n) is 2.45. The van der Waals surface area contributed by atoms with Crippen LogP contribution in [0, 0.1) is 0 Å². The van der Waals surface area contributed by atoms with Gasteiger partial charge in [0.25, 0.3) is 11.8 Å². The van der Waals surface area contributed by atoms with Gasteiger partial charge in [0.2, 0.25) is 0 Å². The maximum Gasteiger partial charge on any atom is 0.261 e. The molecule has 1 aromatic carbocycles. The summed E-state index contributed by atoms with van der Waals surface area (Å²) in [5, 5.41) is 9.74. The Bertz CT molecular complexity index is 499. The van der Waals surface area contributed by atoms with Crippen LogP contribution in [0.3, 0.4) is 0 Å². The zero-order chi connectivity index (χ0) is 14.9. The summed E-state index contributed by atoms with van der Waals surface area (Å²) < 4.78 is 0. The molecule has 0 unspecified atom stereocenters. The van der Waals surface area contributed by atoms with Crippen molar-refractivity contribution in [2.45, 2.75) is 19.4 Å². The van der Waals surface area contributed by atoms with Crippen LogP contribution < -0.4 is 0 Å². The minimum atomic E-state index is -0.795. The van der Waals surface area contributed by atoms with Crippen LogP contribution in [0.25, 0.3) is 0 Å². The minimum Gasteiger partial charge on any atom is -0.389 e. The number of rotatable bonds is 5. The maximum atomic E-state index is 12.1. The van der Waals surface area contributed by atoms with E-state index < -0.39 is 5.60 Å². The van der Waals surface area contributed by atoms with Crippen LogP contribution >= 0.6 is 0 Å². The van der Waals surface area contributed by atoms with Gasteiger partial charge in [0.15, 0.2) is 0 Å². The molecule has 2 rings (SSSR count). The van der Waals surface area contributed by atoms with E-state index in [1.165, 1.54) is 4.90 Å². The quantitative estimate of drug-likeness (QED) is 0.815. The Morgan fingerprint density at radius 3 is 2.10 bits per heavy atom. The molecule has 0 spiro atoms. The SMILES string of the molecule is CN(CCN1C(=O)c2ccccc2C1=O)CC(C)(C)O. The van der Waals surface area contributed by atoms with E-state index in [2.05, 4.69) is 0 Å². The van der Waals surface area contributed by atoms with Crippen LogP contribution in [0.1, 0.15) is 34.6 Å². The lowest BCUT2D eigenvalue weighted by Crippen LogP contribution is -2.42. The second-order valence-corrected chi connectivity index (χ2v) is 5.86. The fraction of sp³-hybridized carbons (Fsp3) is 0.467. The number of nitrogens with zero attached hydrogens (tertiary/aromatic N) is 2. The Morgan fingerprint density at radius 1 is 1.15 bits per heavy atom. The number of imide groups is 1. The summed E-state index contributed by atoms with van der Waals surface area (Å²) in [5.74, 6) is -0.468. The molecular formula is C15H20N2O3. The van der Waals surface area contributed by atoms with Gasteiger partial charge in [-0.25, -0.2) is 0 Å². The molecule has 0 bridgehead atoms. The smallest absolute Gasteiger partial charge is 0.261 e. The molecule has 5 heteroatoms. The molecule has 2 amide bonds. The molecule has 1 heterocycles. The van der Waals surface area contributed by atoms with Crippen molar-refractivity contribution < 1.29 is 14.7 Å². The number of benzene rings is 1.